The van der Waals surface area contributed by atoms with Gasteiger partial charge in [0.25, 0.3) is 5.91 Å². The second-order valence-electron chi connectivity index (χ2n) is 7.55. The molecule has 0 radical (unpaired) electrons. The molecule has 3 rings (SSSR count). The smallest absolute Gasteiger partial charge is 0.342 e. The van der Waals surface area contributed by atoms with E-state index in [0.717, 1.165) is 31.1 Å². The van der Waals surface area contributed by atoms with E-state index in [1.54, 1.807) is 0 Å². The topological polar surface area (TPSA) is 144 Å². The number of carbonyl (C=O) groups excluding carboxylic acids is 1. The maximum Gasteiger partial charge on any atom is 0.416 e. The summed E-state index contributed by atoms with van der Waals surface area (Å²) in [5.74, 6) is -0.633. The Morgan fingerprint density at radius 2 is 1.72 bits per heavy atom. The fraction of sp³-hybridized carbons (Fsp3) is 0.263. The molecule has 11 nitrogen and oxygen atoms in total. The van der Waals surface area contributed by atoms with Gasteiger partial charge in [-0.05, 0) is 37.3 Å². The van der Waals surface area contributed by atoms with Gasteiger partial charge in [0, 0.05) is 10.6 Å². The summed E-state index contributed by atoms with van der Waals surface area (Å²) in [4.78, 5) is 20.7. The summed E-state index contributed by atoms with van der Waals surface area (Å²) in [5.41, 5.74) is -1.65. The van der Waals surface area contributed by atoms with Crippen molar-refractivity contribution in [2.75, 3.05) is 16.2 Å². The number of alkyl halides is 3. The number of halogens is 4. The van der Waals surface area contributed by atoms with Gasteiger partial charge in [-0.1, -0.05) is 11.6 Å². The van der Waals surface area contributed by atoms with Gasteiger partial charge >= 0.3 is 6.18 Å². The van der Waals surface area contributed by atoms with E-state index >= 15 is 0 Å². The number of aromatic nitrogens is 4. The van der Waals surface area contributed by atoms with Crippen molar-refractivity contribution in [3.05, 3.63) is 64.8 Å². The second kappa shape index (κ2) is 9.67. The van der Waals surface area contributed by atoms with Gasteiger partial charge in [-0.3, -0.25) is 4.79 Å². The molecule has 0 saturated heterocycles. The lowest BCUT2D eigenvalue weighted by Gasteiger charge is -2.19. The SMILES string of the molecule is C[C@H](NC(=O)c1cc(Cl)cc(C(F)(F)F)c1)c1ncnn1-c1ccc(N(S(C)(=O)=O)S(C)(=O)=O)cn1. The Morgan fingerprint density at radius 3 is 2.25 bits per heavy atom. The van der Waals surface area contributed by atoms with Crippen LogP contribution < -0.4 is 9.03 Å². The largest absolute Gasteiger partial charge is 0.416 e. The first kappa shape index (κ1) is 27.3. The monoisotopic (exact) mass is 566 g/mol. The predicted molar refractivity (Wildman–Crippen MR) is 124 cm³/mol. The molecule has 1 N–H and O–H groups in total. The first-order valence-corrected chi connectivity index (χ1v) is 13.8. The van der Waals surface area contributed by atoms with Crippen molar-refractivity contribution in [2.45, 2.75) is 19.1 Å². The van der Waals surface area contributed by atoms with E-state index < -0.39 is 43.7 Å². The molecule has 1 aromatic carbocycles. The average Bonchev–Trinajstić information content (AvgIpc) is 3.21. The fourth-order valence-electron chi connectivity index (χ4n) is 3.19. The lowest BCUT2D eigenvalue weighted by Crippen LogP contribution is -2.35. The van der Waals surface area contributed by atoms with E-state index in [-0.39, 0.29) is 31.6 Å². The van der Waals surface area contributed by atoms with Crippen molar-refractivity contribution in [1.29, 1.82) is 0 Å². The minimum Gasteiger partial charge on any atom is -0.342 e. The van der Waals surface area contributed by atoms with Crippen LogP contribution in [0.3, 0.4) is 0 Å². The van der Waals surface area contributed by atoms with Crippen LogP contribution in [0.4, 0.5) is 18.9 Å². The van der Waals surface area contributed by atoms with Crippen LogP contribution in [0.15, 0.2) is 42.9 Å². The van der Waals surface area contributed by atoms with E-state index in [9.17, 15) is 34.8 Å². The van der Waals surface area contributed by atoms with Crippen molar-refractivity contribution >= 4 is 43.2 Å². The minimum atomic E-state index is -4.70. The van der Waals surface area contributed by atoms with Gasteiger partial charge in [0.2, 0.25) is 20.0 Å². The van der Waals surface area contributed by atoms with Gasteiger partial charge in [-0.15, -0.1) is 0 Å². The summed E-state index contributed by atoms with van der Waals surface area (Å²) in [6.45, 7) is 1.50. The molecule has 0 aliphatic heterocycles. The number of sulfonamides is 2. The summed E-state index contributed by atoms with van der Waals surface area (Å²) in [6.07, 6.45) is -1.13. The Hall–Kier alpha value is -3.24. The Morgan fingerprint density at radius 1 is 1.08 bits per heavy atom. The van der Waals surface area contributed by atoms with Crippen LogP contribution in [0.2, 0.25) is 5.02 Å². The molecule has 3 aromatic rings. The van der Waals surface area contributed by atoms with E-state index in [0.29, 0.717) is 12.1 Å². The van der Waals surface area contributed by atoms with E-state index in [2.05, 4.69) is 20.4 Å². The molecule has 0 bridgehead atoms. The third-order valence-electron chi connectivity index (χ3n) is 4.56. The van der Waals surface area contributed by atoms with Crippen LogP contribution in [0, 0.1) is 0 Å². The number of amides is 1. The first-order valence-electron chi connectivity index (χ1n) is 9.74. The van der Waals surface area contributed by atoms with Crippen LogP contribution in [0.25, 0.3) is 5.82 Å². The summed E-state index contributed by atoms with van der Waals surface area (Å²) in [5, 5.41) is 6.22. The highest BCUT2D eigenvalue weighted by atomic mass is 35.5. The van der Waals surface area contributed by atoms with Gasteiger partial charge in [0.1, 0.15) is 6.33 Å². The number of carbonyl (C=O) groups is 1. The van der Waals surface area contributed by atoms with Crippen LogP contribution in [0.1, 0.15) is 34.7 Å². The normalized spacial score (nSPS) is 13.3. The highest BCUT2D eigenvalue weighted by Gasteiger charge is 2.32. The molecule has 0 aliphatic rings. The number of benzene rings is 1. The zero-order chi connectivity index (χ0) is 27.1. The van der Waals surface area contributed by atoms with E-state index in [4.69, 9.17) is 11.6 Å². The lowest BCUT2D eigenvalue weighted by molar-refractivity contribution is -0.137. The van der Waals surface area contributed by atoms with Crippen molar-refractivity contribution < 1.29 is 34.8 Å². The molecule has 0 fully saturated rings. The van der Waals surface area contributed by atoms with Crippen molar-refractivity contribution in [1.82, 2.24) is 25.1 Å². The highest BCUT2D eigenvalue weighted by molar-refractivity contribution is 8.09. The summed E-state index contributed by atoms with van der Waals surface area (Å²) >= 11 is 5.74. The molecule has 0 unspecified atom stereocenters. The molecule has 2 aromatic heterocycles. The quantitative estimate of drug-likeness (QED) is 0.459. The van der Waals surface area contributed by atoms with Crippen LogP contribution in [-0.4, -0.2) is 55.0 Å². The third-order valence-corrected chi connectivity index (χ3v) is 8.03. The van der Waals surface area contributed by atoms with Crippen LogP contribution >= 0.6 is 11.6 Å². The van der Waals surface area contributed by atoms with Gasteiger partial charge in [0.15, 0.2) is 11.6 Å². The number of hydrogen-bond acceptors (Lipinski definition) is 8. The minimum absolute atomic E-state index is 0.0939. The molecule has 1 atom stereocenters. The number of pyridine rings is 1. The summed E-state index contributed by atoms with van der Waals surface area (Å²) in [6, 6.07) is 4.02. The van der Waals surface area contributed by atoms with Crippen LogP contribution in [-0.2, 0) is 26.2 Å². The Labute approximate surface area is 209 Å². The Kier molecular flexibility index (Phi) is 7.34. The molecule has 194 valence electrons. The predicted octanol–water partition coefficient (Wildman–Crippen LogP) is 2.55. The molecular weight excluding hydrogens is 549 g/mol. The molecule has 36 heavy (non-hydrogen) atoms. The zero-order valence-corrected chi connectivity index (χ0v) is 21.1. The number of anilines is 1. The molecule has 17 heteroatoms. The fourth-order valence-corrected chi connectivity index (χ4v) is 6.38. The van der Waals surface area contributed by atoms with Crippen LogP contribution in [0.5, 0.6) is 0 Å². The lowest BCUT2D eigenvalue weighted by atomic mass is 10.1. The number of hydrogen-bond donors (Lipinski definition) is 1. The Balaban J connectivity index is 1.88. The summed E-state index contributed by atoms with van der Waals surface area (Å²) in [7, 11) is -8.35. The molecule has 1 amide bonds. The Bertz CT molecular complexity index is 1480. The molecular formula is C19H18ClF3N6O5S2. The zero-order valence-electron chi connectivity index (χ0n) is 18.7. The van der Waals surface area contributed by atoms with E-state index in [1.165, 1.54) is 23.7 Å². The van der Waals surface area contributed by atoms with Gasteiger partial charge in [-0.25, -0.2) is 26.8 Å². The summed E-state index contributed by atoms with van der Waals surface area (Å²) < 4.78 is 88.3. The molecule has 0 aliphatic carbocycles. The van der Waals surface area contributed by atoms with E-state index in [1.807, 2.05) is 0 Å². The first-order chi connectivity index (χ1) is 16.5. The van der Waals surface area contributed by atoms with Crippen molar-refractivity contribution in [3.8, 4) is 5.82 Å². The van der Waals surface area contributed by atoms with Gasteiger partial charge in [-0.2, -0.15) is 26.7 Å². The third kappa shape index (κ3) is 6.11. The van der Waals surface area contributed by atoms with Gasteiger partial charge < -0.3 is 5.32 Å². The van der Waals surface area contributed by atoms with Gasteiger partial charge in [0.05, 0.1) is 36.0 Å². The van der Waals surface area contributed by atoms with Crippen molar-refractivity contribution in [3.63, 3.8) is 0 Å². The number of nitrogens with zero attached hydrogens (tertiary/aromatic N) is 5. The second-order valence-corrected chi connectivity index (χ2v) is 11.9. The molecule has 2 heterocycles. The maximum absolute atomic E-state index is 13.1. The maximum atomic E-state index is 13.1. The standard InChI is InChI=1S/C19H18ClF3N6O5S2/c1-11(27-18(30)12-6-13(19(21,22)23)8-14(20)7-12)17-25-10-26-28(17)16-5-4-15(9-24-16)29(35(2,31)32)36(3,33)34/h4-11H,1-3H3,(H,27,30)/t11-/m0/s1. The number of rotatable bonds is 7. The molecule has 0 spiro atoms. The number of nitrogens with one attached hydrogen (secondary N) is 1. The molecule has 0 saturated carbocycles. The average molecular weight is 567 g/mol. The van der Waals surface area contributed by atoms with Crippen molar-refractivity contribution in [2.24, 2.45) is 0 Å². The highest BCUT2D eigenvalue weighted by Crippen LogP contribution is 2.32.